The second-order valence-corrected chi connectivity index (χ2v) is 13.2. The van der Waals surface area contributed by atoms with Crippen LogP contribution in [-0.4, -0.2) is 49.5 Å². The Kier molecular flexibility index (Phi) is 9.45. The second kappa shape index (κ2) is 13.1. The van der Waals surface area contributed by atoms with Crippen molar-refractivity contribution in [3.8, 4) is 16.9 Å². The van der Waals surface area contributed by atoms with Crippen LogP contribution in [0, 0.1) is 13.8 Å². The summed E-state index contributed by atoms with van der Waals surface area (Å²) in [4.78, 5) is 20.7. The van der Waals surface area contributed by atoms with Gasteiger partial charge in [0.25, 0.3) is 15.9 Å². The van der Waals surface area contributed by atoms with Crippen molar-refractivity contribution in [3.05, 3.63) is 58.8 Å². The number of aromatic nitrogens is 1. The smallest absolute Gasteiger partial charge is 0.263 e. The number of aliphatic imine (C=N–C) groups is 1. The molecular formula is C33H42N4O6S. The van der Waals surface area contributed by atoms with Crippen LogP contribution in [-0.2, 0) is 32.7 Å². The molecule has 11 heteroatoms. The molecule has 1 spiro atoms. The van der Waals surface area contributed by atoms with Crippen LogP contribution in [0.4, 0.5) is 5.82 Å². The van der Waals surface area contributed by atoms with Gasteiger partial charge in [-0.25, -0.2) is 8.42 Å². The Balaban J connectivity index is 1.52. The standard InChI is InChI=1S/C33H42N4O6S/c1-6-8-11-30-34-33(16-9-10-17-33)32(38)37(30)20-24-12-14-27(25(18-24)21-42-7-2)28-15-13-26(41-5)19-29(28)44(39,40)36-31-22(3)23(4)43-35-31/h12-15,18-19H,6-11,16-17,20-21H2,1-5H3,(H,35,36). The molecule has 2 aliphatic rings. The van der Waals surface area contributed by atoms with Gasteiger partial charge in [-0.15, -0.1) is 0 Å². The Bertz CT molecular complexity index is 1660. The van der Waals surface area contributed by atoms with E-state index in [2.05, 4.69) is 16.8 Å². The molecule has 1 N–H and O–H groups in total. The van der Waals surface area contributed by atoms with Crippen molar-refractivity contribution < 1.29 is 27.2 Å². The Morgan fingerprint density at radius 1 is 1.07 bits per heavy atom. The number of nitrogens with one attached hydrogen (secondary N) is 1. The molecule has 2 heterocycles. The highest BCUT2D eigenvalue weighted by atomic mass is 32.2. The average Bonchev–Trinajstić information content (AvgIpc) is 3.69. The van der Waals surface area contributed by atoms with Crippen LogP contribution in [0.25, 0.3) is 11.1 Å². The van der Waals surface area contributed by atoms with E-state index < -0.39 is 15.6 Å². The lowest BCUT2D eigenvalue weighted by atomic mass is 9.96. The zero-order chi connectivity index (χ0) is 31.5. The minimum absolute atomic E-state index is 0.0364. The van der Waals surface area contributed by atoms with Crippen molar-refractivity contribution in [1.29, 1.82) is 0 Å². The number of hydrogen-bond donors (Lipinski definition) is 1. The number of anilines is 1. The number of amides is 1. The molecule has 1 saturated carbocycles. The predicted octanol–water partition coefficient (Wildman–Crippen LogP) is 6.55. The van der Waals surface area contributed by atoms with Gasteiger partial charge in [0.05, 0.1) is 25.2 Å². The van der Waals surface area contributed by atoms with Crippen molar-refractivity contribution in [3.63, 3.8) is 0 Å². The van der Waals surface area contributed by atoms with Gasteiger partial charge in [-0.3, -0.25) is 19.4 Å². The highest BCUT2D eigenvalue weighted by molar-refractivity contribution is 7.92. The lowest BCUT2D eigenvalue weighted by Gasteiger charge is -2.23. The Morgan fingerprint density at radius 2 is 1.82 bits per heavy atom. The van der Waals surface area contributed by atoms with Gasteiger partial charge in [0.1, 0.15) is 22.9 Å². The van der Waals surface area contributed by atoms with E-state index in [9.17, 15) is 13.2 Å². The third kappa shape index (κ3) is 6.25. The van der Waals surface area contributed by atoms with Crippen LogP contribution in [0.3, 0.4) is 0 Å². The summed E-state index contributed by atoms with van der Waals surface area (Å²) in [7, 11) is -2.61. The van der Waals surface area contributed by atoms with Gasteiger partial charge in [0.15, 0.2) is 5.82 Å². The topological polar surface area (TPSA) is 123 Å². The van der Waals surface area contributed by atoms with Crippen LogP contribution in [0.2, 0.25) is 0 Å². The molecule has 0 unspecified atom stereocenters. The Hall–Kier alpha value is -3.70. The van der Waals surface area contributed by atoms with Crippen molar-refractivity contribution in [2.75, 3.05) is 18.4 Å². The van der Waals surface area contributed by atoms with E-state index in [1.54, 1.807) is 26.0 Å². The molecule has 0 radical (unpaired) electrons. The molecule has 5 rings (SSSR count). The van der Waals surface area contributed by atoms with Crippen molar-refractivity contribution in [2.45, 2.75) is 96.2 Å². The molecular weight excluding hydrogens is 580 g/mol. The molecule has 1 aliphatic carbocycles. The molecule has 1 aliphatic heterocycles. The molecule has 0 bridgehead atoms. The maximum absolute atomic E-state index is 13.8. The molecule has 1 aromatic heterocycles. The zero-order valence-electron chi connectivity index (χ0n) is 26.2. The number of hydrogen-bond acceptors (Lipinski definition) is 8. The number of benzene rings is 2. The summed E-state index contributed by atoms with van der Waals surface area (Å²) in [5, 5.41) is 3.89. The summed E-state index contributed by atoms with van der Waals surface area (Å²) in [6.07, 6.45) is 6.44. The third-order valence-electron chi connectivity index (χ3n) is 8.61. The zero-order valence-corrected chi connectivity index (χ0v) is 27.1. The summed E-state index contributed by atoms with van der Waals surface area (Å²) in [5.74, 6) is 2.04. The van der Waals surface area contributed by atoms with Crippen molar-refractivity contribution in [2.24, 2.45) is 4.99 Å². The maximum Gasteiger partial charge on any atom is 0.263 e. The summed E-state index contributed by atoms with van der Waals surface area (Å²) in [5.41, 5.74) is 2.95. The van der Waals surface area contributed by atoms with Gasteiger partial charge in [-0.1, -0.05) is 49.5 Å². The van der Waals surface area contributed by atoms with Crippen LogP contribution in [0.1, 0.15) is 81.2 Å². The van der Waals surface area contributed by atoms with Gasteiger partial charge >= 0.3 is 0 Å². The van der Waals surface area contributed by atoms with Crippen LogP contribution >= 0.6 is 0 Å². The van der Waals surface area contributed by atoms with Crippen molar-refractivity contribution >= 4 is 27.6 Å². The third-order valence-corrected chi connectivity index (χ3v) is 9.99. The number of carbonyl (C=O) groups is 1. The fraction of sp³-hybridized carbons (Fsp3) is 0.485. The number of rotatable bonds is 13. The molecule has 3 aromatic rings. The minimum Gasteiger partial charge on any atom is -0.497 e. The number of aryl methyl sites for hydroxylation is 1. The lowest BCUT2D eigenvalue weighted by molar-refractivity contribution is -0.131. The van der Waals surface area contributed by atoms with E-state index in [4.69, 9.17) is 19.0 Å². The van der Waals surface area contributed by atoms with E-state index in [0.717, 1.165) is 61.9 Å². The molecule has 0 saturated heterocycles. The van der Waals surface area contributed by atoms with Crippen LogP contribution < -0.4 is 9.46 Å². The SMILES string of the molecule is CCCCC1=NC2(CCCC2)C(=O)N1Cc1ccc(-c2ccc(OC)cc2S(=O)(=O)Nc2noc(C)c2C)c(COCC)c1. The van der Waals surface area contributed by atoms with Gasteiger partial charge in [-0.05, 0) is 68.9 Å². The normalized spacial score (nSPS) is 16.2. The first-order chi connectivity index (χ1) is 21.1. The Labute approximate surface area is 259 Å². The monoisotopic (exact) mass is 622 g/mol. The van der Waals surface area contributed by atoms with Crippen molar-refractivity contribution in [1.82, 2.24) is 10.1 Å². The van der Waals surface area contributed by atoms with E-state index in [1.807, 2.05) is 30.0 Å². The second-order valence-electron chi connectivity index (χ2n) is 11.6. The van der Waals surface area contributed by atoms with Gasteiger partial charge in [-0.2, -0.15) is 0 Å². The summed E-state index contributed by atoms with van der Waals surface area (Å²) in [6.45, 7) is 8.69. The van der Waals surface area contributed by atoms with E-state index in [-0.39, 0.29) is 23.2 Å². The highest BCUT2D eigenvalue weighted by Gasteiger charge is 2.49. The number of sulfonamides is 1. The molecule has 0 atom stereocenters. The molecule has 1 amide bonds. The molecule has 10 nitrogen and oxygen atoms in total. The minimum atomic E-state index is -4.10. The average molecular weight is 623 g/mol. The quantitative estimate of drug-likeness (QED) is 0.229. The number of amidine groups is 1. The van der Waals surface area contributed by atoms with Gasteiger partial charge in [0, 0.05) is 30.2 Å². The number of methoxy groups -OCH3 is 1. The largest absolute Gasteiger partial charge is 0.497 e. The fourth-order valence-corrected chi connectivity index (χ4v) is 7.28. The lowest BCUT2D eigenvalue weighted by Crippen LogP contribution is -2.40. The number of ether oxygens (including phenoxy) is 2. The summed E-state index contributed by atoms with van der Waals surface area (Å²) < 4.78 is 46.6. The first-order valence-electron chi connectivity index (χ1n) is 15.4. The van der Waals surface area contributed by atoms with Gasteiger partial charge < -0.3 is 14.0 Å². The van der Waals surface area contributed by atoms with E-state index in [1.165, 1.54) is 13.2 Å². The van der Waals surface area contributed by atoms with Gasteiger partial charge in [0.2, 0.25) is 0 Å². The number of nitrogens with zero attached hydrogens (tertiary/aromatic N) is 3. The van der Waals surface area contributed by atoms with E-state index >= 15 is 0 Å². The summed E-state index contributed by atoms with van der Waals surface area (Å²) in [6, 6.07) is 10.8. The van der Waals surface area contributed by atoms with Crippen LogP contribution in [0.15, 0.2) is 50.8 Å². The Morgan fingerprint density at radius 3 is 2.48 bits per heavy atom. The fourth-order valence-electron chi connectivity index (χ4n) is 5.99. The number of unbranched alkanes of at least 4 members (excludes halogenated alkanes) is 1. The summed E-state index contributed by atoms with van der Waals surface area (Å²) >= 11 is 0. The van der Waals surface area contributed by atoms with E-state index in [0.29, 0.717) is 41.4 Å². The predicted molar refractivity (Wildman–Crippen MR) is 169 cm³/mol. The molecule has 1 fully saturated rings. The first-order valence-corrected chi connectivity index (χ1v) is 16.8. The first kappa shape index (κ1) is 31.7. The maximum atomic E-state index is 13.8. The number of carbonyl (C=O) groups excluding carboxylic acids is 1. The molecule has 44 heavy (non-hydrogen) atoms. The molecule has 2 aromatic carbocycles. The molecule has 236 valence electrons. The van der Waals surface area contributed by atoms with Crippen LogP contribution in [0.5, 0.6) is 5.75 Å². The highest BCUT2D eigenvalue weighted by Crippen LogP contribution is 2.41.